The Bertz CT molecular complexity index is 806. The molecule has 6 nitrogen and oxygen atoms in total. The molecule has 1 aliphatic rings. The van der Waals surface area contributed by atoms with Gasteiger partial charge in [0.1, 0.15) is 5.75 Å². The van der Waals surface area contributed by atoms with Crippen LogP contribution in [0.15, 0.2) is 36.4 Å². The molecular formula is C17H14INO5. The quantitative estimate of drug-likeness (QED) is 0.572. The third kappa shape index (κ3) is 3.61. The van der Waals surface area contributed by atoms with Gasteiger partial charge in [0.15, 0.2) is 23.9 Å². The Kier molecular flexibility index (Phi) is 4.89. The highest BCUT2D eigenvalue weighted by Gasteiger charge is 2.20. The van der Waals surface area contributed by atoms with E-state index in [1.165, 1.54) is 6.92 Å². The Balaban J connectivity index is 1.72. The molecule has 1 aliphatic heterocycles. The number of halogens is 1. The maximum atomic E-state index is 12.2. The van der Waals surface area contributed by atoms with Gasteiger partial charge in [-0.1, -0.05) is 12.1 Å². The maximum Gasteiger partial charge on any atom is 0.262 e. The number of benzene rings is 2. The lowest BCUT2D eigenvalue weighted by molar-refractivity contribution is -0.118. The number of carbonyl (C=O) groups is 2. The topological polar surface area (TPSA) is 73.9 Å². The molecule has 3 rings (SSSR count). The number of hydrogen-bond acceptors (Lipinski definition) is 5. The Labute approximate surface area is 152 Å². The zero-order valence-electron chi connectivity index (χ0n) is 12.8. The molecule has 0 aliphatic carbocycles. The fourth-order valence-electron chi connectivity index (χ4n) is 2.23. The number of ether oxygens (including phenoxy) is 3. The molecule has 124 valence electrons. The number of rotatable bonds is 5. The smallest absolute Gasteiger partial charge is 0.262 e. The minimum absolute atomic E-state index is 0.0969. The van der Waals surface area contributed by atoms with E-state index in [0.29, 0.717) is 28.5 Å². The Hall–Kier alpha value is -2.29. The first-order valence-electron chi connectivity index (χ1n) is 7.16. The largest absolute Gasteiger partial charge is 0.483 e. The van der Waals surface area contributed by atoms with E-state index < -0.39 is 0 Å². The van der Waals surface area contributed by atoms with Crippen molar-refractivity contribution in [2.24, 2.45) is 0 Å². The predicted molar refractivity (Wildman–Crippen MR) is 95.9 cm³/mol. The van der Waals surface area contributed by atoms with Crippen molar-refractivity contribution in [3.63, 3.8) is 0 Å². The first kappa shape index (κ1) is 16.6. The highest BCUT2D eigenvalue weighted by molar-refractivity contribution is 14.1. The van der Waals surface area contributed by atoms with Gasteiger partial charge in [0.25, 0.3) is 5.91 Å². The van der Waals surface area contributed by atoms with E-state index in [2.05, 4.69) is 27.9 Å². The van der Waals surface area contributed by atoms with Crippen molar-refractivity contribution < 1.29 is 23.8 Å². The fraction of sp³-hybridized carbons (Fsp3) is 0.176. The highest BCUT2D eigenvalue weighted by Crippen LogP contribution is 2.37. The van der Waals surface area contributed by atoms with Crippen LogP contribution in [0.3, 0.4) is 0 Å². The van der Waals surface area contributed by atoms with Crippen LogP contribution in [0.4, 0.5) is 5.69 Å². The second-order valence-electron chi connectivity index (χ2n) is 5.07. The van der Waals surface area contributed by atoms with Crippen molar-refractivity contribution in [3.8, 4) is 17.2 Å². The van der Waals surface area contributed by atoms with Gasteiger partial charge in [-0.2, -0.15) is 0 Å². The Morgan fingerprint density at radius 2 is 1.92 bits per heavy atom. The summed E-state index contributed by atoms with van der Waals surface area (Å²) in [5.41, 5.74) is 0.741. The van der Waals surface area contributed by atoms with Crippen molar-refractivity contribution in [1.29, 1.82) is 0 Å². The van der Waals surface area contributed by atoms with E-state index in [1.807, 2.05) is 18.2 Å². The van der Waals surface area contributed by atoms with Crippen LogP contribution in [-0.2, 0) is 4.79 Å². The van der Waals surface area contributed by atoms with E-state index in [-0.39, 0.29) is 25.1 Å². The molecule has 0 unspecified atom stereocenters. The molecule has 0 radical (unpaired) electrons. The molecule has 1 heterocycles. The molecule has 1 amide bonds. The van der Waals surface area contributed by atoms with Gasteiger partial charge in [0.05, 0.1) is 9.26 Å². The molecule has 0 saturated heterocycles. The SMILES string of the molecule is CC(=O)c1cc2c(cc1NC(=O)COc1ccccc1I)OCO2. The van der Waals surface area contributed by atoms with Gasteiger partial charge in [0, 0.05) is 11.6 Å². The number of amides is 1. The zero-order valence-corrected chi connectivity index (χ0v) is 15.0. The minimum atomic E-state index is -0.365. The minimum Gasteiger partial charge on any atom is -0.483 e. The number of ketones is 1. The lowest BCUT2D eigenvalue weighted by atomic mass is 10.1. The summed E-state index contributed by atoms with van der Waals surface area (Å²) < 4.78 is 17.0. The predicted octanol–water partition coefficient (Wildman–Crippen LogP) is 3.24. The number of carbonyl (C=O) groups excluding carboxylic acids is 2. The van der Waals surface area contributed by atoms with E-state index in [4.69, 9.17) is 14.2 Å². The number of hydrogen-bond donors (Lipinski definition) is 1. The van der Waals surface area contributed by atoms with Gasteiger partial charge in [-0.05, 0) is 47.7 Å². The van der Waals surface area contributed by atoms with Crippen LogP contribution in [-0.4, -0.2) is 25.1 Å². The van der Waals surface area contributed by atoms with Gasteiger partial charge in [-0.25, -0.2) is 0 Å². The first-order chi connectivity index (χ1) is 11.5. The van der Waals surface area contributed by atoms with E-state index in [9.17, 15) is 9.59 Å². The maximum absolute atomic E-state index is 12.2. The first-order valence-corrected chi connectivity index (χ1v) is 8.24. The van der Waals surface area contributed by atoms with Crippen molar-refractivity contribution in [2.45, 2.75) is 6.92 Å². The third-order valence-electron chi connectivity index (χ3n) is 3.36. The molecule has 0 atom stereocenters. The number of nitrogens with one attached hydrogen (secondary N) is 1. The monoisotopic (exact) mass is 439 g/mol. The number of Topliss-reactive ketones (excluding diaryl/α,β-unsaturated/α-hetero) is 1. The lowest BCUT2D eigenvalue weighted by Crippen LogP contribution is -2.21. The summed E-state index contributed by atoms with van der Waals surface area (Å²) >= 11 is 2.13. The molecule has 7 heteroatoms. The van der Waals surface area contributed by atoms with Gasteiger partial charge < -0.3 is 19.5 Å². The van der Waals surface area contributed by atoms with Gasteiger partial charge in [0.2, 0.25) is 6.79 Å². The molecule has 0 spiro atoms. The van der Waals surface area contributed by atoms with Crippen LogP contribution >= 0.6 is 22.6 Å². The number of para-hydroxylation sites is 1. The van der Waals surface area contributed by atoms with Crippen molar-refractivity contribution in [2.75, 3.05) is 18.7 Å². The van der Waals surface area contributed by atoms with Crippen LogP contribution in [0.2, 0.25) is 0 Å². The van der Waals surface area contributed by atoms with Gasteiger partial charge >= 0.3 is 0 Å². The molecule has 2 aromatic carbocycles. The van der Waals surface area contributed by atoms with Crippen molar-refractivity contribution in [1.82, 2.24) is 0 Å². The zero-order chi connectivity index (χ0) is 17.1. The van der Waals surface area contributed by atoms with Crippen LogP contribution in [0, 0.1) is 3.57 Å². The summed E-state index contributed by atoms with van der Waals surface area (Å²) in [7, 11) is 0. The van der Waals surface area contributed by atoms with Crippen LogP contribution in [0.5, 0.6) is 17.2 Å². The molecule has 1 N–H and O–H groups in total. The van der Waals surface area contributed by atoms with Gasteiger partial charge in [-0.3, -0.25) is 9.59 Å². The standard InChI is InChI=1S/C17H14INO5/c1-10(20)11-6-15-16(24-9-23-15)7-13(11)19-17(21)8-22-14-5-3-2-4-12(14)18/h2-7H,8-9H2,1H3,(H,19,21). The third-order valence-corrected chi connectivity index (χ3v) is 4.25. The number of fused-ring (bicyclic) bond motifs is 1. The summed E-state index contributed by atoms with van der Waals surface area (Å²) in [6, 6.07) is 10.6. The van der Waals surface area contributed by atoms with Crippen molar-refractivity contribution >= 4 is 40.0 Å². The number of anilines is 1. The summed E-state index contributed by atoms with van der Waals surface area (Å²) in [6.45, 7) is 1.36. The van der Waals surface area contributed by atoms with Crippen LogP contribution in [0.25, 0.3) is 0 Å². The lowest BCUT2D eigenvalue weighted by Gasteiger charge is -2.12. The summed E-state index contributed by atoms with van der Waals surface area (Å²) in [4.78, 5) is 23.9. The van der Waals surface area contributed by atoms with E-state index >= 15 is 0 Å². The molecule has 0 fully saturated rings. The summed E-state index contributed by atoms with van der Waals surface area (Å²) in [6.07, 6.45) is 0. The second kappa shape index (κ2) is 7.08. The highest BCUT2D eigenvalue weighted by atomic mass is 127. The average molecular weight is 439 g/mol. The Morgan fingerprint density at radius 1 is 1.21 bits per heavy atom. The summed E-state index contributed by atoms with van der Waals surface area (Å²) in [5, 5.41) is 2.69. The molecule has 0 aromatic heterocycles. The fourth-order valence-corrected chi connectivity index (χ4v) is 2.77. The van der Waals surface area contributed by atoms with E-state index in [0.717, 1.165) is 3.57 Å². The molecular weight excluding hydrogens is 425 g/mol. The van der Waals surface area contributed by atoms with E-state index in [1.54, 1.807) is 18.2 Å². The van der Waals surface area contributed by atoms with Crippen LogP contribution < -0.4 is 19.5 Å². The summed E-state index contributed by atoms with van der Waals surface area (Å²) in [5.74, 6) is 1.07. The average Bonchev–Trinajstić information content (AvgIpc) is 3.00. The Morgan fingerprint density at radius 3 is 2.62 bits per heavy atom. The molecule has 24 heavy (non-hydrogen) atoms. The molecule has 0 saturated carbocycles. The normalized spacial score (nSPS) is 11.9. The molecule has 0 bridgehead atoms. The van der Waals surface area contributed by atoms with Gasteiger partial charge in [-0.15, -0.1) is 0 Å². The molecule has 2 aromatic rings. The van der Waals surface area contributed by atoms with Crippen molar-refractivity contribution in [3.05, 3.63) is 45.5 Å². The van der Waals surface area contributed by atoms with Crippen LogP contribution in [0.1, 0.15) is 17.3 Å². The second-order valence-corrected chi connectivity index (χ2v) is 6.24.